The van der Waals surface area contributed by atoms with E-state index in [1.54, 1.807) is 19.0 Å². The predicted octanol–water partition coefficient (Wildman–Crippen LogP) is 3.29. The summed E-state index contributed by atoms with van der Waals surface area (Å²) >= 11 is 0. The lowest BCUT2D eigenvalue weighted by Crippen LogP contribution is -2.31. The van der Waals surface area contributed by atoms with Gasteiger partial charge in [0.05, 0.1) is 17.1 Å². The normalized spacial score (nSPS) is 12.7. The molecule has 0 saturated heterocycles. The lowest BCUT2D eigenvalue weighted by atomic mass is 9.98. The first kappa shape index (κ1) is 22.2. The molecule has 7 heteroatoms. The van der Waals surface area contributed by atoms with Crippen LogP contribution in [-0.4, -0.2) is 46.4 Å². The molecule has 0 aliphatic rings. The van der Waals surface area contributed by atoms with E-state index in [-0.39, 0.29) is 23.7 Å². The van der Waals surface area contributed by atoms with E-state index in [2.05, 4.69) is 4.98 Å². The van der Waals surface area contributed by atoms with Crippen molar-refractivity contribution in [2.45, 2.75) is 39.2 Å². The van der Waals surface area contributed by atoms with Gasteiger partial charge in [0.1, 0.15) is 0 Å². The highest BCUT2D eigenvalue weighted by Gasteiger charge is 2.16. The highest BCUT2D eigenvalue weighted by Crippen LogP contribution is 2.17. The zero-order valence-corrected chi connectivity index (χ0v) is 18.5. The molecule has 1 amide bonds. The zero-order valence-electron chi connectivity index (χ0n) is 18.5. The second kappa shape index (κ2) is 9.55. The van der Waals surface area contributed by atoms with E-state index >= 15 is 0 Å². The molecule has 0 aliphatic heterocycles. The molecule has 1 heterocycles. The molecule has 0 fully saturated rings. The highest BCUT2D eigenvalue weighted by molar-refractivity contribution is 5.95. The molecule has 1 atom stereocenters. The van der Waals surface area contributed by atoms with Gasteiger partial charge in [0.25, 0.3) is 5.91 Å². The third-order valence-corrected chi connectivity index (χ3v) is 5.30. The van der Waals surface area contributed by atoms with Gasteiger partial charge in [0.2, 0.25) is 5.91 Å². The maximum Gasteiger partial charge on any atom is 0.253 e. The van der Waals surface area contributed by atoms with Crippen molar-refractivity contribution < 1.29 is 9.59 Å². The molecule has 0 aliphatic carbocycles. The Morgan fingerprint density at radius 1 is 1.13 bits per heavy atom. The van der Waals surface area contributed by atoms with Gasteiger partial charge in [-0.2, -0.15) is 0 Å². The molecule has 2 N–H and O–H groups in total. The molecule has 0 bridgehead atoms. The number of nitrogen functional groups attached to an aromatic ring is 1. The zero-order chi connectivity index (χ0) is 22.5. The average Bonchev–Trinajstić information content (AvgIpc) is 2.76. The van der Waals surface area contributed by atoms with E-state index in [9.17, 15) is 9.59 Å². The van der Waals surface area contributed by atoms with E-state index in [0.717, 1.165) is 18.4 Å². The van der Waals surface area contributed by atoms with Gasteiger partial charge in [-0.15, -0.1) is 0 Å². The number of hydrogen-bond acceptors (Lipinski definition) is 5. The van der Waals surface area contributed by atoms with Crippen LogP contribution in [0.4, 0.5) is 5.82 Å². The maximum atomic E-state index is 12.5. The number of para-hydroxylation sites is 2. The fourth-order valence-corrected chi connectivity index (χ4v) is 3.64. The minimum atomic E-state index is -0.166. The summed E-state index contributed by atoms with van der Waals surface area (Å²) in [7, 11) is 3.50. The largest absolute Gasteiger partial charge is 0.381 e. The van der Waals surface area contributed by atoms with E-state index in [1.807, 2.05) is 55.5 Å². The Morgan fingerprint density at radius 2 is 1.81 bits per heavy atom. The second-order valence-corrected chi connectivity index (χ2v) is 7.75. The van der Waals surface area contributed by atoms with Crippen molar-refractivity contribution in [3.8, 4) is 0 Å². The SMILES string of the molecule is CCC(CCc1ccccc1C(=O)N(C)C)N=c1c(N)nc2ccccc2n1C(C)=O. The van der Waals surface area contributed by atoms with Crippen LogP contribution in [0.2, 0.25) is 0 Å². The summed E-state index contributed by atoms with van der Waals surface area (Å²) in [5, 5.41) is 0. The Bertz CT molecular complexity index is 1180. The monoisotopic (exact) mass is 419 g/mol. The fraction of sp³-hybridized carbons (Fsp3) is 0.333. The number of fused-ring (bicyclic) bond motifs is 1. The van der Waals surface area contributed by atoms with Crippen LogP contribution in [0.25, 0.3) is 11.0 Å². The van der Waals surface area contributed by atoms with Gasteiger partial charge >= 0.3 is 0 Å². The second-order valence-electron chi connectivity index (χ2n) is 7.75. The van der Waals surface area contributed by atoms with E-state index in [1.165, 1.54) is 11.5 Å². The number of benzene rings is 2. The minimum Gasteiger partial charge on any atom is -0.381 e. The number of carbonyl (C=O) groups excluding carboxylic acids is 2. The summed E-state index contributed by atoms with van der Waals surface area (Å²) in [4.78, 5) is 35.8. The molecule has 1 aromatic heterocycles. The number of nitrogens with zero attached hydrogens (tertiary/aromatic N) is 4. The predicted molar refractivity (Wildman–Crippen MR) is 123 cm³/mol. The van der Waals surface area contributed by atoms with Crippen molar-refractivity contribution in [2.24, 2.45) is 4.99 Å². The number of amides is 1. The lowest BCUT2D eigenvalue weighted by molar-refractivity contribution is 0.0826. The molecular formula is C24H29N5O2. The van der Waals surface area contributed by atoms with Crippen molar-refractivity contribution in [3.63, 3.8) is 0 Å². The molecule has 7 nitrogen and oxygen atoms in total. The van der Waals surface area contributed by atoms with Gasteiger partial charge in [-0.25, -0.2) is 4.98 Å². The van der Waals surface area contributed by atoms with Crippen molar-refractivity contribution in [2.75, 3.05) is 19.8 Å². The number of nitrogens with two attached hydrogens (primary N) is 1. The van der Waals surface area contributed by atoms with Crippen molar-refractivity contribution >= 4 is 28.7 Å². The van der Waals surface area contributed by atoms with Crippen molar-refractivity contribution in [1.82, 2.24) is 14.5 Å². The van der Waals surface area contributed by atoms with Gasteiger partial charge in [0, 0.05) is 26.6 Å². The average molecular weight is 420 g/mol. The molecule has 2 aromatic carbocycles. The van der Waals surface area contributed by atoms with Crippen LogP contribution in [0.1, 0.15) is 47.4 Å². The first-order valence-corrected chi connectivity index (χ1v) is 10.4. The molecule has 0 saturated carbocycles. The van der Waals surface area contributed by atoms with Crippen LogP contribution >= 0.6 is 0 Å². The van der Waals surface area contributed by atoms with Gasteiger partial charge in [-0.1, -0.05) is 37.3 Å². The van der Waals surface area contributed by atoms with Crippen LogP contribution < -0.4 is 11.2 Å². The smallest absolute Gasteiger partial charge is 0.253 e. The van der Waals surface area contributed by atoms with E-state index < -0.39 is 0 Å². The lowest BCUT2D eigenvalue weighted by Gasteiger charge is -2.16. The van der Waals surface area contributed by atoms with Gasteiger partial charge in [0.15, 0.2) is 11.3 Å². The van der Waals surface area contributed by atoms with Crippen molar-refractivity contribution in [1.29, 1.82) is 0 Å². The molecule has 31 heavy (non-hydrogen) atoms. The molecule has 0 radical (unpaired) electrons. The van der Waals surface area contributed by atoms with Crippen LogP contribution in [0.3, 0.4) is 0 Å². The van der Waals surface area contributed by atoms with E-state index in [4.69, 9.17) is 10.7 Å². The summed E-state index contributed by atoms with van der Waals surface area (Å²) < 4.78 is 1.53. The first-order valence-electron chi connectivity index (χ1n) is 10.4. The summed E-state index contributed by atoms with van der Waals surface area (Å²) in [6.07, 6.45) is 2.19. The van der Waals surface area contributed by atoms with Gasteiger partial charge in [-0.05, 0) is 43.0 Å². The maximum absolute atomic E-state index is 12.5. The summed E-state index contributed by atoms with van der Waals surface area (Å²) in [6, 6.07) is 15.0. The number of aryl methyl sites for hydroxylation is 1. The Morgan fingerprint density at radius 3 is 2.48 bits per heavy atom. The van der Waals surface area contributed by atoms with Gasteiger partial charge in [-0.3, -0.25) is 19.1 Å². The highest BCUT2D eigenvalue weighted by atomic mass is 16.2. The summed E-state index contributed by atoms with van der Waals surface area (Å²) in [5.74, 6) is 0.0503. The third kappa shape index (κ3) is 4.82. The Labute approximate surface area is 182 Å². The number of aromatic nitrogens is 2. The topological polar surface area (TPSA) is 93.6 Å². The standard InChI is InChI=1S/C24H29N5O2/c1-5-18(15-14-17-10-6-7-11-19(17)24(31)28(3)4)26-23-22(25)27-20-12-8-9-13-21(20)29(23)16(2)30/h6-13,18H,5,14-15H2,1-4H3,(H2,25,27). The molecule has 3 aromatic rings. The van der Waals surface area contributed by atoms with Crippen molar-refractivity contribution in [3.05, 3.63) is 65.1 Å². The number of rotatable bonds is 6. The third-order valence-electron chi connectivity index (χ3n) is 5.30. The quantitative estimate of drug-likeness (QED) is 0.663. The number of hydrogen-bond donors (Lipinski definition) is 1. The Balaban J connectivity index is 1.98. The first-order chi connectivity index (χ1) is 14.8. The number of anilines is 1. The fourth-order valence-electron chi connectivity index (χ4n) is 3.64. The summed E-state index contributed by atoms with van der Waals surface area (Å²) in [6.45, 7) is 3.54. The number of carbonyl (C=O) groups is 2. The molecule has 1 unspecified atom stereocenters. The Hall–Kier alpha value is -3.48. The van der Waals surface area contributed by atoms with Gasteiger partial charge < -0.3 is 10.6 Å². The Kier molecular flexibility index (Phi) is 6.84. The minimum absolute atomic E-state index is 0.0158. The van der Waals surface area contributed by atoms with E-state index in [0.29, 0.717) is 28.5 Å². The molecular weight excluding hydrogens is 390 g/mol. The summed E-state index contributed by atoms with van der Waals surface area (Å²) in [5.41, 5.74) is 9.61. The molecule has 3 rings (SSSR count). The van der Waals surface area contributed by atoms with Crippen LogP contribution in [0.15, 0.2) is 53.5 Å². The van der Waals surface area contributed by atoms with Crippen LogP contribution in [0, 0.1) is 0 Å². The van der Waals surface area contributed by atoms with Crippen LogP contribution in [0.5, 0.6) is 0 Å². The molecule has 0 spiro atoms. The van der Waals surface area contributed by atoms with Crippen LogP contribution in [-0.2, 0) is 6.42 Å². The molecule has 162 valence electrons.